The summed E-state index contributed by atoms with van der Waals surface area (Å²) in [5, 5.41) is 22.8. The number of aromatic nitrogens is 2. The van der Waals surface area contributed by atoms with Crippen LogP contribution in [0.25, 0.3) is 5.69 Å². The van der Waals surface area contributed by atoms with Crippen molar-refractivity contribution < 1.29 is 19.7 Å². The molecule has 2 aromatic rings. The van der Waals surface area contributed by atoms with Crippen LogP contribution in [0.5, 0.6) is 5.75 Å². The van der Waals surface area contributed by atoms with Crippen LogP contribution in [0, 0.1) is 0 Å². The fraction of sp³-hybridized carbons (Fsp3) is 0.286. The molecule has 2 N–H and O–H groups in total. The molecular formula is C14H14N2O4. The Labute approximate surface area is 115 Å². The Bertz CT molecular complexity index is 627. The third kappa shape index (κ3) is 2.14. The van der Waals surface area contributed by atoms with Crippen molar-refractivity contribution in [3.8, 4) is 11.4 Å². The van der Waals surface area contributed by atoms with Gasteiger partial charge >= 0.3 is 5.97 Å². The summed E-state index contributed by atoms with van der Waals surface area (Å²) in [6, 6.07) is 6.45. The van der Waals surface area contributed by atoms with Gasteiger partial charge in [-0.2, -0.15) is 5.10 Å². The third-order valence-corrected chi connectivity index (χ3v) is 3.37. The number of hydrogen-bond acceptors (Lipinski definition) is 4. The number of hydrogen-bond donors (Lipinski definition) is 2. The molecule has 0 bridgehead atoms. The number of carbonyl (C=O) groups is 1. The Morgan fingerprint density at radius 1 is 1.35 bits per heavy atom. The number of aromatic hydroxyl groups is 1. The first-order valence-corrected chi connectivity index (χ1v) is 6.39. The number of carboxylic acid groups (broad SMARTS) is 1. The molecule has 0 saturated carbocycles. The Kier molecular flexibility index (Phi) is 3.15. The average molecular weight is 274 g/mol. The quantitative estimate of drug-likeness (QED) is 0.895. The number of carboxylic acids is 1. The Hall–Kier alpha value is -2.34. The molecule has 1 aliphatic rings. The molecule has 1 saturated heterocycles. The minimum absolute atomic E-state index is 0.151. The Morgan fingerprint density at radius 3 is 2.70 bits per heavy atom. The molecule has 0 spiro atoms. The van der Waals surface area contributed by atoms with Crippen molar-refractivity contribution in [1.29, 1.82) is 0 Å². The molecule has 1 fully saturated rings. The van der Waals surface area contributed by atoms with E-state index in [0.717, 1.165) is 12.8 Å². The van der Waals surface area contributed by atoms with Crippen LogP contribution in [0.3, 0.4) is 0 Å². The van der Waals surface area contributed by atoms with Gasteiger partial charge in [-0.1, -0.05) is 0 Å². The second kappa shape index (κ2) is 4.97. The second-order valence-electron chi connectivity index (χ2n) is 4.68. The molecule has 3 rings (SSSR count). The topological polar surface area (TPSA) is 84.6 Å². The maximum absolute atomic E-state index is 11.3. The predicted octanol–water partition coefficient (Wildman–Crippen LogP) is 2.13. The van der Waals surface area contributed by atoms with Crippen molar-refractivity contribution in [2.75, 3.05) is 6.61 Å². The van der Waals surface area contributed by atoms with Gasteiger partial charge in [-0.15, -0.1) is 0 Å². The van der Waals surface area contributed by atoms with Crippen molar-refractivity contribution in [3.05, 3.63) is 41.7 Å². The molecule has 0 radical (unpaired) electrons. The van der Waals surface area contributed by atoms with Crippen molar-refractivity contribution in [3.63, 3.8) is 0 Å². The predicted molar refractivity (Wildman–Crippen MR) is 70.1 cm³/mol. The van der Waals surface area contributed by atoms with E-state index >= 15 is 0 Å². The highest BCUT2D eigenvalue weighted by Crippen LogP contribution is 2.32. The molecule has 1 aromatic heterocycles. The van der Waals surface area contributed by atoms with Gasteiger partial charge in [0, 0.05) is 6.61 Å². The summed E-state index contributed by atoms with van der Waals surface area (Å²) in [4.78, 5) is 11.3. The fourth-order valence-electron chi connectivity index (χ4n) is 2.43. The number of phenols is 1. The second-order valence-corrected chi connectivity index (χ2v) is 4.68. The zero-order valence-electron chi connectivity index (χ0n) is 10.7. The van der Waals surface area contributed by atoms with Crippen LogP contribution in [0.4, 0.5) is 0 Å². The van der Waals surface area contributed by atoms with Crippen LogP contribution < -0.4 is 0 Å². The monoisotopic (exact) mass is 274 g/mol. The summed E-state index contributed by atoms with van der Waals surface area (Å²) in [5.41, 5.74) is 1.41. The van der Waals surface area contributed by atoms with E-state index in [0.29, 0.717) is 18.0 Å². The van der Waals surface area contributed by atoms with E-state index in [1.165, 1.54) is 18.3 Å². The molecule has 6 nitrogen and oxygen atoms in total. The van der Waals surface area contributed by atoms with E-state index < -0.39 is 5.97 Å². The summed E-state index contributed by atoms with van der Waals surface area (Å²) >= 11 is 0. The molecular weight excluding hydrogens is 260 g/mol. The van der Waals surface area contributed by atoms with Crippen molar-refractivity contribution in [2.45, 2.75) is 18.9 Å². The number of phenolic OH excluding ortho intramolecular Hbond substituents is 1. The highest BCUT2D eigenvalue weighted by atomic mass is 16.5. The van der Waals surface area contributed by atoms with Gasteiger partial charge in [0.05, 0.1) is 17.6 Å². The first-order chi connectivity index (χ1) is 9.66. The van der Waals surface area contributed by atoms with Crippen LogP contribution in [-0.2, 0) is 4.74 Å². The van der Waals surface area contributed by atoms with E-state index in [9.17, 15) is 15.0 Å². The first-order valence-electron chi connectivity index (χ1n) is 6.39. The largest absolute Gasteiger partial charge is 0.508 e. The lowest BCUT2D eigenvalue weighted by Crippen LogP contribution is -2.11. The summed E-state index contributed by atoms with van der Waals surface area (Å²) in [6.45, 7) is 0.629. The molecule has 1 unspecified atom stereocenters. The Morgan fingerprint density at radius 2 is 2.10 bits per heavy atom. The average Bonchev–Trinajstić information content (AvgIpc) is 3.08. The zero-order valence-corrected chi connectivity index (χ0v) is 10.7. The molecule has 0 aliphatic carbocycles. The molecule has 2 heterocycles. The number of aromatic carboxylic acids is 1. The van der Waals surface area contributed by atoms with Gasteiger partial charge in [-0.05, 0) is 37.1 Å². The number of rotatable bonds is 3. The molecule has 6 heteroatoms. The van der Waals surface area contributed by atoms with E-state index in [-0.39, 0.29) is 17.4 Å². The molecule has 1 aromatic carbocycles. The lowest BCUT2D eigenvalue weighted by atomic mass is 10.1. The van der Waals surface area contributed by atoms with Gasteiger partial charge in [0.1, 0.15) is 17.4 Å². The van der Waals surface area contributed by atoms with Crippen LogP contribution in [0.15, 0.2) is 30.5 Å². The first kappa shape index (κ1) is 12.7. The summed E-state index contributed by atoms with van der Waals surface area (Å²) in [7, 11) is 0. The van der Waals surface area contributed by atoms with Gasteiger partial charge in [0.15, 0.2) is 0 Å². The van der Waals surface area contributed by atoms with E-state index in [1.54, 1.807) is 16.8 Å². The normalized spacial score (nSPS) is 18.3. The van der Waals surface area contributed by atoms with Gasteiger partial charge in [-0.25, -0.2) is 9.48 Å². The van der Waals surface area contributed by atoms with E-state index in [1.807, 2.05) is 0 Å². The van der Waals surface area contributed by atoms with Crippen molar-refractivity contribution >= 4 is 5.97 Å². The fourth-order valence-corrected chi connectivity index (χ4v) is 2.43. The molecule has 1 atom stereocenters. The van der Waals surface area contributed by atoms with Gasteiger partial charge < -0.3 is 14.9 Å². The van der Waals surface area contributed by atoms with E-state index in [2.05, 4.69) is 5.10 Å². The van der Waals surface area contributed by atoms with Crippen LogP contribution in [0.1, 0.15) is 35.0 Å². The van der Waals surface area contributed by atoms with E-state index in [4.69, 9.17) is 4.74 Å². The maximum Gasteiger partial charge on any atom is 0.339 e. The Balaban J connectivity index is 2.10. The number of ether oxygens (including phenoxy) is 1. The SMILES string of the molecule is O=C(O)c1cnn(-c2ccc(O)cc2)c1C1CCCO1. The minimum Gasteiger partial charge on any atom is -0.508 e. The van der Waals surface area contributed by atoms with Gasteiger partial charge in [0.2, 0.25) is 0 Å². The lowest BCUT2D eigenvalue weighted by Gasteiger charge is -2.14. The molecule has 104 valence electrons. The molecule has 20 heavy (non-hydrogen) atoms. The van der Waals surface area contributed by atoms with Crippen molar-refractivity contribution in [2.24, 2.45) is 0 Å². The smallest absolute Gasteiger partial charge is 0.339 e. The maximum atomic E-state index is 11.3. The summed E-state index contributed by atoms with van der Waals surface area (Å²) in [6.07, 6.45) is 2.78. The minimum atomic E-state index is -1.01. The third-order valence-electron chi connectivity index (χ3n) is 3.37. The van der Waals surface area contributed by atoms with Crippen LogP contribution in [-0.4, -0.2) is 32.6 Å². The zero-order chi connectivity index (χ0) is 14.1. The van der Waals surface area contributed by atoms with Crippen LogP contribution in [0.2, 0.25) is 0 Å². The van der Waals surface area contributed by atoms with Gasteiger partial charge in [0.25, 0.3) is 0 Å². The summed E-state index contributed by atoms with van der Waals surface area (Å²) < 4.78 is 7.17. The molecule has 0 amide bonds. The summed E-state index contributed by atoms with van der Waals surface area (Å²) in [5.74, 6) is -0.862. The van der Waals surface area contributed by atoms with Gasteiger partial charge in [-0.3, -0.25) is 0 Å². The highest BCUT2D eigenvalue weighted by molar-refractivity contribution is 5.89. The lowest BCUT2D eigenvalue weighted by molar-refractivity contribution is 0.0679. The highest BCUT2D eigenvalue weighted by Gasteiger charge is 2.28. The van der Waals surface area contributed by atoms with Crippen molar-refractivity contribution in [1.82, 2.24) is 9.78 Å². The number of nitrogens with zero attached hydrogens (tertiary/aromatic N) is 2. The molecule has 1 aliphatic heterocycles. The number of benzene rings is 1. The van der Waals surface area contributed by atoms with Crippen LogP contribution >= 0.6 is 0 Å². The standard InChI is InChI=1S/C14H14N2O4/c17-10-5-3-9(4-6-10)16-13(12-2-1-7-20-12)11(8-15-16)14(18)19/h3-6,8,12,17H,1-2,7H2,(H,18,19).